The highest BCUT2D eigenvalue weighted by atomic mass is 16.4. The fourth-order valence-electron chi connectivity index (χ4n) is 2.69. The molecular formula is C17H22O4-2. The van der Waals surface area contributed by atoms with Crippen molar-refractivity contribution in [2.24, 2.45) is 0 Å². The van der Waals surface area contributed by atoms with E-state index in [-0.39, 0.29) is 28.9 Å². The molecule has 0 aliphatic rings. The van der Waals surface area contributed by atoms with E-state index in [2.05, 4.69) is 0 Å². The van der Waals surface area contributed by atoms with Crippen molar-refractivity contribution in [3.8, 4) is 0 Å². The number of carboxylic acids is 2. The van der Waals surface area contributed by atoms with Gasteiger partial charge in [0.25, 0.3) is 0 Å². The van der Waals surface area contributed by atoms with Crippen molar-refractivity contribution in [2.45, 2.75) is 59.3 Å². The van der Waals surface area contributed by atoms with Gasteiger partial charge in [0, 0.05) is 11.1 Å². The van der Waals surface area contributed by atoms with Crippen LogP contribution in [0.2, 0.25) is 0 Å². The van der Waals surface area contributed by atoms with E-state index in [1.54, 1.807) is 19.9 Å². The van der Waals surface area contributed by atoms with Crippen molar-refractivity contribution >= 4 is 11.9 Å². The molecule has 0 fully saturated rings. The molecule has 0 saturated heterocycles. The molecule has 0 aliphatic carbocycles. The van der Waals surface area contributed by atoms with Crippen molar-refractivity contribution in [1.29, 1.82) is 0 Å². The Kier molecular flexibility index (Phi) is 5.15. The van der Waals surface area contributed by atoms with Crippen LogP contribution in [0.4, 0.5) is 0 Å². The number of benzene rings is 1. The zero-order valence-corrected chi connectivity index (χ0v) is 13.4. The maximum atomic E-state index is 11.6. The summed E-state index contributed by atoms with van der Waals surface area (Å²) in [5.74, 6) is -2.99. The fraction of sp³-hybridized carbons (Fsp3) is 0.529. The summed E-state index contributed by atoms with van der Waals surface area (Å²) in [5.41, 5.74) is 1.55. The van der Waals surface area contributed by atoms with Crippen LogP contribution in [0.25, 0.3) is 0 Å². The molecule has 0 aromatic heterocycles. The third-order valence-electron chi connectivity index (χ3n) is 3.66. The van der Waals surface area contributed by atoms with Crippen LogP contribution in [-0.2, 0) is 0 Å². The molecule has 4 heteroatoms. The lowest BCUT2D eigenvalue weighted by molar-refractivity contribution is -0.255. The number of aromatic carboxylic acids is 2. The monoisotopic (exact) mass is 290 g/mol. The van der Waals surface area contributed by atoms with Crippen LogP contribution < -0.4 is 10.2 Å². The van der Waals surface area contributed by atoms with E-state index in [1.807, 2.05) is 27.7 Å². The Hall–Kier alpha value is -1.84. The predicted molar refractivity (Wildman–Crippen MR) is 77.4 cm³/mol. The highest BCUT2D eigenvalue weighted by Crippen LogP contribution is 2.35. The van der Waals surface area contributed by atoms with Gasteiger partial charge >= 0.3 is 0 Å². The van der Waals surface area contributed by atoms with E-state index < -0.39 is 11.9 Å². The second-order valence-electron chi connectivity index (χ2n) is 6.26. The van der Waals surface area contributed by atoms with Gasteiger partial charge in [0.1, 0.15) is 0 Å². The summed E-state index contributed by atoms with van der Waals surface area (Å²) in [6.45, 7) is 11.1. The number of carboxylic acid groups (broad SMARTS) is 2. The lowest BCUT2D eigenvalue weighted by Gasteiger charge is -2.28. The Morgan fingerprint density at radius 3 is 1.29 bits per heavy atom. The summed E-state index contributed by atoms with van der Waals surface area (Å²) in [6, 6.07) is 1.68. The van der Waals surface area contributed by atoms with Gasteiger partial charge in [0.15, 0.2) is 0 Å². The summed E-state index contributed by atoms with van der Waals surface area (Å²) in [4.78, 5) is 23.2. The Bertz CT molecular complexity index is 524. The first-order valence-corrected chi connectivity index (χ1v) is 7.22. The smallest absolute Gasteiger partial charge is 0.0721 e. The van der Waals surface area contributed by atoms with Gasteiger partial charge in [0.05, 0.1) is 11.9 Å². The molecule has 0 amide bonds. The van der Waals surface area contributed by atoms with E-state index in [1.165, 1.54) is 0 Å². The molecule has 0 N–H and O–H groups in total. The number of rotatable bonds is 5. The van der Waals surface area contributed by atoms with Crippen LogP contribution in [0.3, 0.4) is 0 Å². The summed E-state index contributed by atoms with van der Waals surface area (Å²) in [7, 11) is 0. The summed E-state index contributed by atoms with van der Waals surface area (Å²) >= 11 is 0. The highest BCUT2D eigenvalue weighted by Gasteiger charge is 2.23. The zero-order valence-electron chi connectivity index (χ0n) is 13.4. The molecule has 0 unspecified atom stereocenters. The number of hydrogen-bond acceptors (Lipinski definition) is 4. The van der Waals surface area contributed by atoms with Crippen LogP contribution in [0, 0.1) is 0 Å². The van der Waals surface area contributed by atoms with Crippen LogP contribution >= 0.6 is 0 Å². The Morgan fingerprint density at radius 1 is 0.762 bits per heavy atom. The Morgan fingerprint density at radius 2 is 1.10 bits per heavy atom. The third kappa shape index (κ3) is 3.26. The molecule has 1 aromatic carbocycles. The molecule has 1 rings (SSSR count). The van der Waals surface area contributed by atoms with Crippen LogP contribution in [-0.4, -0.2) is 11.9 Å². The molecule has 0 saturated carbocycles. The summed E-state index contributed by atoms with van der Waals surface area (Å²) < 4.78 is 0. The Balaban J connectivity index is 3.99. The summed E-state index contributed by atoms with van der Waals surface area (Å²) in [6.07, 6.45) is 0. The van der Waals surface area contributed by atoms with Crippen molar-refractivity contribution in [1.82, 2.24) is 0 Å². The second-order valence-corrected chi connectivity index (χ2v) is 6.26. The minimum Gasteiger partial charge on any atom is -0.545 e. The van der Waals surface area contributed by atoms with Gasteiger partial charge in [-0.3, -0.25) is 0 Å². The molecule has 1 aromatic rings. The minimum atomic E-state index is -1.33. The molecule has 0 spiro atoms. The van der Waals surface area contributed by atoms with E-state index in [4.69, 9.17) is 0 Å². The average Bonchev–Trinajstić information content (AvgIpc) is 2.34. The lowest BCUT2D eigenvalue weighted by Crippen LogP contribution is -2.32. The average molecular weight is 290 g/mol. The first-order valence-electron chi connectivity index (χ1n) is 7.22. The summed E-state index contributed by atoms with van der Waals surface area (Å²) in [5, 5.41) is 23.2. The van der Waals surface area contributed by atoms with Gasteiger partial charge in [-0.15, -0.1) is 0 Å². The van der Waals surface area contributed by atoms with Gasteiger partial charge in [0.2, 0.25) is 0 Å². The van der Waals surface area contributed by atoms with Crippen molar-refractivity contribution in [2.75, 3.05) is 0 Å². The maximum absolute atomic E-state index is 11.6. The van der Waals surface area contributed by atoms with E-state index >= 15 is 0 Å². The van der Waals surface area contributed by atoms with Crippen LogP contribution in [0.1, 0.15) is 96.7 Å². The first-order chi connectivity index (χ1) is 9.59. The lowest BCUT2D eigenvalue weighted by atomic mass is 9.80. The van der Waals surface area contributed by atoms with Crippen LogP contribution in [0.5, 0.6) is 0 Å². The molecule has 0 radical (unpaired) electrons. The largest absolute Gasteiger partial charge is 0.545 e. The second kappa shape index (κ2) is 6.29. The fourth-order valence-corrected chi connectivity index (χ4v) is 2.69. The van der Waals surface area contributed by atoms with E-state index in [9.17, 15) is 19.8 Å². The number of carbonyl (C=O) groups is 2. The normalized spacial score (nSPS) is 11.5. The molecule has 116 valence electrons. The number of carbonyl (C=O) groups excluding carboxylic acids is 2. The quantitative estimate of drug-likeness (QED) is 0.828. The molecular weight excluding hydrogens is 268 g/mol. The molecule has 0 heterocycles. The molecule has 0 aliphatic heterocycles. The zero-order chi connectivity index (χ0) is 16.5. The standard InChI is InChI=1S/C17H24O4/c1-8(2)11-7-12(9(3)4)15(17(20)21)13(10(5)6)14(11)16(18)19/h7-10H,1-6H3,(H,18,19)(H,20,21)/p-2. The van der Waals surface area contributed by atoms with Gasteiger partial charge in [-0.25, -0.2) is 0 Å². The minimum absolute atomic E-state index is 0.00333. The van der Waals surface area contributed by atoms with Crippen LogP contribution in [0.15, 0.2) is 6.07 Å². The first kappa shape index (κ1) is 17.2. The molecule has 4 nitrogen and oxygen atoms in total. The van der Waals surface area contributed by atoms with Gasteiger partial charge in [-0.1, -0.05) is 47.6 Å². The SMILES string of the molecule is CC(C)c1cc(C(C)C)c(C(=O)[O-])c(C(C)C)c1C(=O)[O-]. The van der Waals surface area contributed by atoms with Crippen molar-refractivity contribution in [3.05, 3.63) is 33.9 Å². The highest BCUT2D eigenvalue weighted by molar-refractivity contribution is 5.98. The third-order valence-corrected chi connectivity index (χ3v) is 3.66. The molecule has 0 bridgehead atoms. The van der Waals surface area contributed by atoms with Crippen molar-refractivity contribution < 1.29 is 19.8 Å². The maximum Gasteiger partial charge on any atom is 0.0721 e. The van der Waals surface area contributed by atoms with Gasteiger partial charge in [-0.2, -0.15) is 0 Å². The van der Waals surface area contributed by atoms with Gasteiger partial charge < -0.3 is 19.8 Å². The topological polar surface area (TPSA) is 80.3 Å². The van der Waals surface area contributed by atoms with Gasteiger partial charge in [-0.05, 0) is 34.4 Å². The molecule has 21 heavy (non-hydrogen) atoms. The predicted octanol–water partition coefficient (Wildman–Crippen LogP) is 1.78. The van der Waals surface area contributed by atoms with E-state index in [0.29, 0.717) is 16.7 Å². The van der Waals surface area contributed by atoms with Crippen molar-refractivity contribution in [3.63, 3.8) is 0 Å². The molecule has 0 atom stereocenters. The Labute approximate surface area is 125 Å². The van der Waals surface area contributed by atoms with E-state index in [0.717, 1.165) is 0 Å². The number of hydrogen-bond donors (Lipinski definition) is 0.